The molecule has 1 aliphatic heterocycles. The Balaban J connectivity index is 1.85. The van der Waals surface area contributed by atoms with Crippen LogP contribution in [-0.2, 0) is 6.54 Å². The summed E-state index contributed by atoms with van der Waals surface area (Å²) in [5.41, 5.74) is 4.13. The van der Waals surface area contributed by atoms with Crippen LogP contribution in [0.4, 0.5) is 0 Å². The normalized spacial score (nSPS) is 21.4. The van der Waals surface area contributed by atoms with Crippen molar-refractivity contribution in [1.82, 2.24) is 4.90 Å². The summed E-state index contributed by atoms with van der Waals surface area (Å²) in [6.45, 7) is 6.72. The fourth-order valence-electron chi connectivity index (χ4n) is 3.62. The minimum Gasteiger partial charge on any atom is -0.497 e. The molecule has 126 valence electrons. The quantitative estimate of drug-likeness (QED) is 0.767. The average molecular weight is 321 g/mol. The van der Waals surface area contributed by atoms with E-state index in [1.54, 1.807) is 7.11 Å². The lowest BCUT2D eigenvalue weighted by Crippen LogP contribution is -2.40. The fourth-order valence-corrected chi connectivity index (χ4v) is 3.62. The molecule has 0 bridgehead atoms. The molecule has 0 N–H and O–H groups in total. The predicted octanol–water partition coefficient (Wildman–Crippen LogP) is 5.01. The molecule has 2 aromatic carbocycles. The lowest BCUT2D eigenvalue weighted by Gasteiger charge is -2.37. The third kappa shape index (κ3) is 3.70. The topological polar surface area (TPSA) is 12.5 Å². The highest BCUT2D eigenvalue weighted by atomic mass is 16.5. The van der Waals surface area contributed by atoms with Gasteiger partial charge in [0.15, 0.2) is 0 Å². The van der Waals surface area contributed by atoms with Gasteiger partial charge in [-0.3, -0.25) is 4.90 Å². The molecule has 2 aromatic rings. The number of nitrogens with zero attached hydrogens (tertiary/aromatic N) is 1. The van der Waals surface area contributed by atoms with E-state index in [2.05, 4.69) is 73.4 Å². The van der Waals surface area contributed by atoms with Gasteiger partial charge in [-0.1, -0.05) is 62.4 Å². The highest BCUT2D eigenvalue weighted by Gasteiger charge is 2.26. The molecular formula is C22H27NO. The molecule has 0 spiro atoms. The third-order valence-corrected chi connectivity index (χ3v) is 4.93. The van der Waals surface area contributed by atoms with Crippen molar-refractivity contribution in [1.29, 1.82) is 0 Å². The van der Waals surface area contributed by atoms with Gasteiger partial charge in [-0.2, -0.15) is 0 Å². The van der Waals surface area contributed by atoms with Crippen LogP contribution < -0.4 is 4.74 Å². The van der Waals surface area contributed by atoms with Crippen LogP contribution >= 0.6 is 0 Å². The largest absolute Gasteiger partial charge is 0.497 e. The summed E-state index contributed by atoms with van der Waals surface area (Å²) in [5, 5.41) is 0. The van der Waals surface area contributed by atoms with E-state index in [1.807, 2.05) is 6.07 Å². The second kappa shape index (κ2) is 7.67. The van der Waals surface area contributed by atoms with Crippen LogP contribution in [0.3, 0.4) is 0 Å². The molecule has 24 heavy (non-hydrogen) atoms. The van der Waals surface area contributed by atoms with Crippen molar-refractivity contribution in [3.05, 3.63) is 71.8 Å². The van der Waals surface area contributed by atoms with Crippen molar-refractivity contribution in [2.45, 2.75) is 32.9 Å². The van der Waals surface area contributed by atoms with Crippen LogP contribution in [0.1, 0.15) is 31.4 Å². The fraction of sp³-hybridized carbons (Fsp3) is 0.364. The molecule has 2 heteroatoms. The van der Waals surface area contributed by atoms with Gasteiger partial charge < -0.3 is 4.74 Å². The maximum absolute atomic E-state index is 5.40. The summed E-state index contributed by atoms with van der Waals surface area (Å²) in [7, 11) is 1.73. The van der Waals surface area contributed by atoms with Crippen LogP contribution in [0.25, 0.3) is 5.57 Å². The van der Waals surface area contributed by atoms with E-state index in [-0.39, 0.29) is 0 Å². The summed E-state index contributed by atoms with van der Waals surface area (Å²) in [6.07, 6.45) is 3.60. The first-order valence-corrected chi connectivity index (χ1v) is 8.85. The molecule has 2 nitrogen and oxygen atoms in total. The maximum Gasteiger partial charge on any atom is 0.119 e. The molecule has 0 radical (unpaired) electrons. The minimum absolute atomic E-state index is 0.489. The molecule has 1 heterocycles. The minimum atomic E-state index is 0.489. The van der Waals surface area contributed by atoms with Crippen molar-refractivity contribution in [3.63, 3.8) is 0 Å². The predicted molar refractivity (Wildman–Crippen MR) is 101 cm³/mol. The van der Waals surface area contributed by atoms with Crippen LogP contribution in [0.5, 0.6) is 5.75 Å². The van der Waals surface area contributed by atoms with Crippen molar-refractivity contribution in [2.24, 2.45) is 5.92 Å². The molecule has 0 aromatic heterocycles. The van der Waals surface area contributed by atoms with E-state index in [9.17, 15) is 0 Å². The molecule has 0 fully saturated rings. The zero-order valence-corrected chi connectivity index (χ0v) is 14.9. The van der Waals surface area contributed by atoms with Crippen molar-refractivity contribution in [2.75, 3.05) is 13.7 Å². The number of hydrogen-bond acceptors (Lipinski definition) is 2. The van der Waals surface area contributed by atoms with Crippen molar-refractivity contribution < 1.29 is 4.74 Å². The zero-order valence-electron chi connectivity index (χ0n) is 14.9. The highest BCUT2D eigenvalue weighted by molar-refractivity contribution is 5.69. The molecule has 1 aliphatic rings. The van der Waals surface area contributed by atoms with Gasteiger partial charge in [-0.15, -0.1) is 0 Å². The van der Waals surface area contributed by atoms with Crippen LogP contribution in [0.15, 0.2) is 60.7 Å². The number of hydrogen-bond donors (Lipinski definition) is 0. The lowest BCUT2D eigenvalue weighted by atomic mass is 9.87. The Hall–Kier alpha value is -2.06. The zero-order chi connectivity index (χ0) is 16.9. The van der Waals surface area contributed by atoms with E-state index in [0.717, 1.165) is 25.3 Å². The SMILES string of the molecule is CCC1C=C(c2cccc(OC)c2)C(C)CN1Cc1ccccc1. The van der Waals surface area contributed by atoms with Crippen LogP contribution in [-0.4, -0.2) is 24.6 Å². The van der Waals surface area contributed by atoms with E-state index < -0.39 is 0 Å². The van der Waals surface area contributed by atoms with E-state index in [1.165, 1.54) is 16.7 Å². The van der Waals surface area contributed by atoms with Gasteiger partial charge >= 0.3 is 0 Å². The summed E-state index contributed by atoms with van der Waals surface area (Å²) >= 11 is 0. The van der Waals surface area contributed by atoms with Crippen LogP contribution in [0.2, 0.25) is 0 Å². The number of benzene rings is 2. The lowest BCUT2D eigenvalue weighted by molar-refractivity contribution is 0.190. The van der Waals surface area contributed by atoms with Crippen molar-refractivity contribution in [3.8, 4) is 5.75 Å². The van der Waals surface area contributed by atoms with Gasteiger partial charge in [-0.05, 0) is 41.2 Å². The molecule has 2 atom stereocenters. The Bertz CT molecular complexity index is 692. The average Bonchev–Trinajstić information content (AvgIpc) is 2.63. The Labute approximate surface area is 145 Å². The van der Waals surface area contributed by atoms with Crippen molar-refractivity contribution >= 4 is 5.57 Å². The van der Waals surface area contributed by atoms with Gasteiger partial charge in [0, 0.05) is 19.1 Å². The number of methoxy groups -OCH3 is 1. The second-order valence-corrected chi connectivity index (χ2v) is 6.65. The molecule has 0 aliphatic carbocycles. The first kappa shape index (κ1) is 16.8. The van der Waals surface area contributed by atoms with E-state index in [0.29, 0.717) is 12.0 Å². The Morgan fingerprint density at radius 2 is 1.88 bits per heavy atom. The molecule has 0 saturated carbocycles. The standard InChI is InChI=1S/C22H27NO/c1-4-20-14-22(19-11-8-12-21(13-19)24-3)17(2)15-23(20)16-18-9-6-5-7-10-18/h5-14,17,20H,4,15-16H2,1-3H3. The maximum atomic E-state index is 5.40. The highest BCUT2D eigenvalue weighted by Crippen LogP contribution is 2.33. The monoisotopic (exact) mass is 321 g/mol. The summed E-state index contributed by atoms with van der Waals surface area (Å²) < 4.78 is 5.40. The van der Waals surface area contributed by atoms with E-state index in [4.69, 9.17) is 4.74 Å². The van der Waals surface area contributed by atoms with Gasteiger partial charge in [0.1, 0.15) is 5.75 Å². The first-order valence-electron chi connectivity index (χ1n) is 8.85. The van der Waals surface area contributed by atoms with Gasteiger partial charge in [0.25, 0.3) is 0 Å². The second-order valence-electron chi connectivity index (χ2n) is 6.65. The first-order chi connectivity index (χ1) is 11.7. The molecule has 0 amide bonds. The summed E-state index contributed by atoms with van der Waals surface area (Å²) in [6, 6.07) is 19.7. The molecular weight excluding hydrogens is 294 g/mol. The molecule has 2 unspecified atom stereocenters. The smallest absolute Gasteiger partial charge is 0.119 e. The Morgan fingerprint density at radius 1 is 1.08 bits per heavy atom. The Morgan fingerprint density at radius 3 is 2.58 bits per heavy atom. The van der Waals surface area contributed by atoms with Gasteiger partial charge in [0.2, 0.25) is 0 Å². The summed E-state index contributed by atoms with van der Waals surface area (Å²) in [4.78, 5) is 2.60. The van der Waals surface area contributed by atoms with E-state index >= 15 is 0 Å². The van der Waals surface area contributed by atoms with Gasteiger partial charge in [-0.25, -0.2) is 0 Å². The number of rotatable bonds is 5. The number of ether oxygens (including phenoxy) is 1. The van der Waals surface area contributed by atoms with Gasteiger partial charge in [0.05, 0.1) is 7.11 Å². The summed E-state index contributed by atoms with van der Waals surface area (Å²) in [5.74, 6) is 1.45. The third-order valence-electron chi connectivity index (χ3n) is 4.93. The molecule has 0 saturated heterocycles. The molecule has 3 rings (SSSR count). The van der Waals surface area contributed by atoms with Crippen LogP contribution in [0, 0.1) is 5.92 Å². The Kier molecular flexibility index (Phi) is 5.37.